The van der Waals surface area contributed by atoms with E-state index in [1.165, 1.54) is 6.07 Å². The smallest absolute Gasteiger partial charge is 0.227 e. The van der Waals surface area contributed by atoms with Gasteiger partial charge in [-0.2, -0.15) is 0 Å². The average molecular weight is 223 g/mol. The molecule has 0 spiro atoms. The number of carbonyl (C=O) groups is 1. The van der Waals surface area contributed by atoms with Crippen molar-refractivity contribution in [2.75, 3.05) is 11.5 Å². The Morgan fingerprint density at radius 3 is 2.94 bits per heavy atom. The third-order valence-electron chi connectivity index (χ3n) is 2.96. The highest BCUT2D eigenvalue weighted by molar-refractivity contribution is 5.96. The van der Waals surface area contributed by atoms with Crippen LogP contribution in [0.2, 0.25) is 0 Å². The van der Waals surface area contributed by atoms with Gasteiger partial charge in [0.05, 0.1) is 12.6 Å². The van der Waals surface area contributed by atoms with Gasteiger partial charge in [-0.05, 0) is 37.1 Å². The molecule has 1 N–H and O–H groups in total. The molecule has 2 rings (SSSR count). The van der Waals surface area contributed by atoms with Crippen molar-refractivity contribution in [1.82, 2.24) is 0 Å². The van der Waals surface area contributed by atoms with E-state index in [9.17, 15) is 14.3 Å². The zero-order valence-corrected chi connectivity index (χ0v) is 9.11. The average Bonchev–Trinajstić information content (AvgIpc) is 2.64. The number of aliphatic hydroxyl groups is 1. The molecule has 0 aromatic heterocycles. The maximum Gasteiger partial charge on any atom is 0.227 e. The quantitative estimate of drug-likeness (QED) is 0.827. The van der Waals surface area contributed by atoms with Gasteiger partial charge in [-0.3, -0.25) is 4.79 Å². The predicted molar refractivity (Wildman–Crippen MR) is 58.7 cm³/mol. The van der Waals surface area contributed by atoms with Gasteiger partial charge in [0.1, 0.15) is 5.82 Å². The molecule has 0 aliphatic carbocycles. The number of halogens is 1. The van der Waals surface area contributed by atoms with Crippen molar-refractivity contribution >= 4 is 11.6 Å². The summed E-state index contributed by atoms with van der Waals surface area (Å²) in [4.78, 5) is 13.2. The Hall–Kier alpha value is -1.42. The van der Waals surface area contributed by atoms with Crippen LogP contribution in [0.1, 0.15) is 18.4 Å². The molecule has 1 heterocycles. The summed E-state index contributed by atoms with van der Waals surface area (Å²) in [6.07, 6.45) is 1.10. The van der Waals surface area contributed by atoms with Crippen LogP contribution in [0.4, 0.5) is 10.1 Å². The number of rotatable bonds is 2. The summed E-state index contributed by atoms with van der Waals surface area (Å²) in [7, 11) is 0. The van der Waals surface area contributed by atoms with Crippen LogP contribution < -0.4 is 4.90 Å². The largest absolute Gasteiger partial charge is 0.394 e. The molecule has 1 aromatic rings. The first-order chi connectivity index (χ1) is 7.63. The molecular weight excluding hydrogens is 209 g/mol. The molecule has 1 atom stereocenters. The maximum absolute atomic E-state index is 13.1. The van der Waals surface area contributed by atoms with Crippen molar-refractivity contribution in [3.63, 3.8) is 0 Å². The van der Waals surface area contributed by atoms with E-state index in [-0.39, 0.29) is 24.4 Å². The fraction of sp³-hybridized carbons (Fsp3) is 0.417. The lowest BCUT2D eigenvalue weighted by Crippen LogP contribution is -2.35. The van der Waals surface area contributed by atoms with E-state index in [4.69, 9.17) is 0 Å². The van der Waals surface area contributed by atoms with Crippen LogP contribution in [0.3, 0.4) is 0 Å². The Morgan fingerprint density at radius 1 is 1.56 bits per heavy atom. The van der Waals surface area contributed by atoms with Crippen LogP contribution in [-0.2, 0) is 4.79 Å². The minimum Gasteiger partial charge on any atom is -0.394 e. The Bertz CT molecular complexity index is 419. The number of nitrogens with zero attached hydrogens (tertiary/aromatic N) is 1. The molecule has 86 valence electrons. The molecule has 3 nitrogen and oxygen atoms in total. The van der Waals surface area contributed by atoms with E-state index in [1.807, 2.05) is 0 Å². The minimum absolute atomic E-state index is 0.00921. The van der Waals surface area contributed by atoms with Gasteiger partial charge in [-0.15, -0.1) is 0 Å². The van der Waals surface area contributed by atoms with Crippen molar-refractivity contribution < 1.29 is 14.3 Å². The topological polar surface area (TPSA) is 40.5 Å². The highest BCUT2D eigenvalue weighted by Crippen LogP contribution is 2.27. The molecule has 1 amide bonds. The summed E-state index contributed by atoms with van der Waals surface area (Å²) in [6, 6.07) is 4.40. The molecule has 1 aliphatic heterocycles. The number of hydrogen-bond donors (Lipinski definition) is 1. The third-order valence-corrected chi connectivity index (χ3v) is 2.96. The van der Waals surface area contributed by atoms with E-state index in [0.29, 0.717) is 24.1 Å². The molecule has 1 aromatic carbocycles. The Labute approximate surface area is 93.5 Å². The van der Waals surface area contributed by atoms with Crippen LogP contribution >= 0.6 is 0 Å². The molecule has 4 heteroatoms. The molecule has 16 heavy (non-hydrogen) atoms. The second-order valence-electron chi connectivity index (χ2n) is 4.07. The van der Waals surface area contributed by atoms with E-state index < -0.39 is 0 Å². The maximum atomic E-state index is 13.1. The van der Waals surface area contributed by atoms with Crippen LogP contribution in [0, 0.1) is 12.7 Å². The highest BCUT2D eigenvalue weighted by Gasteiger charge is 2.31. The summed E-state index contributed by atoms with van der Waals surface area (Å²) >= 11 is 0. The number of benzene rings is 1. The monoisotopic (exact) mass is 223 g/mol. The Balaban J connectivity index is 2.35. The van der Waals surface area contributed by atoms with Crippen molar-refractivity contribution in [2.45, 2.75) is 25.8 Å². The SMILES string of the molecule is Cc1cc(N2C(=O)CCC2CO)ccc1F. The van der Waals surface area contributed by atoms with E-state index in [0.717, 1.165) is 0 Å². The molecule has 0 saturated carbocycles. The summed E-state index contributed by atoms with van der Waals surface area (Å²) < 4.78 is 13.1. The Morgan fingerprint density at radius 2 is 2.31 bits per heavy atom. The zero-order chi connectivity index (χ0) is 11.7. The van der Waals surface area contributed by atoms with E-state index in [1.54, 1.807) is 24.0 Å². The summed E-state index contributed by atoms with van der Waals surface area (Å²) in [5, 5.41) is 9.17. The van der Waals surface area contributed by atoms with Crippen LogP contribution in [-0.4, -0.2) is 23.7 Å². The fourth-order valence-corrected chi connectivity index (χ4v) is 2.05. The van der Waals surface area contributed by atoms with Crippen LogP contribution in [0.5, 0.6) is 0 Å². The third kappa shape index (κ3) is 1.80. The first-order valence-electron chi connectivity index (χ1n) is 5.32. The summed E-state index contributed by atoms with van der Waals surface area (Å²) in [5.74, 6) is -0.291. The number of aliphatic hydroxyl groups excluding tert-OH is 1. The lowest BCUT2D eigenvalue weighted by Gasteiger charge is -2.23. The van der Waals surface area contributed by atoms with Gasteiger partial charge in [0.2, 0.25) is 5.91 Å². The standard InChI is InChI=1S/C12H14FNO2/c1-8-6-9(2-4-11(8)13)14-10(7-15)3-5-12(14)16/h2,4,6,10,15H,3,5,7H2,1H3. The second-order valence-corrected chi connectivity index (χ2v) is 4.07. The lowest BCUT2D eigenvalue weighted by atomic mass is 10.1. The molecule has 1 fully saturated rings. The number of amides is 1. The lowest BCUT2D eigenvalue weighted by molar-refractivity contribution is -0.117. The van der Waals surface area contributed by atoms with Crippen LogP contribution in [0.15, 0.2) is 18.2 Å². The second kappa shape index (κ2) is 4.22. The predicted octanol–water partition coefficient (Wildman–Crippen LogP) is 1.62. The van der Waals surface area contributed by atoms with Gasteiger partial charge < -0.3 is 10.0 Å². The molecular formula is C12H14FNO2. The highest BCUT2D eigenvalue weighted by atomic mass is 19.1. The number of aryl methyl sites for hydroxylation is 1. The molecule has 1 aliphatic rings. The number of carbonyl (C=O) groups excluding carboxylic acids is 1. The molecule has 0 bridgehead atoms. The Kier molecular flexibility index (Phi) is 2.92. The number of anilines is 1. The molecule has 0 radical (unpaired) electrons. The van der Waals surface area contributed by atoms with E-state index >= 15 is 0 Å². The fourth-order valence-electron chi connectivity index (χ4n) is 2.05. The van der Waals surface area contributed by atoms with Gasteiger partial charge in [0, 0.05) is 12.1 Å². The van der Waals surface area contributed by atoms with Crippen LogP contribution in [0.25, 0.3) is 0 Å². The zero-order valence-electron chi connectivity index (χ0n) is 9.11. The van der Waals surface area contributed by atoms with Gasteiger partial charge >= 0.3 is 0 Å². The normalized spacial score (nSPS) is 20.6. The summed E-state index contributed by atoms with van der Waals surface area (Å²) in [6.45, 7) is 1.61. The molecule has 1 unspecified atom stereocenters. The van der Waals surface area contributed by atoms with Gasteiger partial charge in [0.25, 0.3) is 0 Å². The first kappa shape index (κ1) is 11.1. The van der Waals surface area contributed by atoms with Crippen molar-refractivity contribution in [1.29, 1.82) is 0 Å². The van der Waals surface area contributed by atoms with Crippen molar-refractivity contribution in [3.8, 4) is 0 Å². The van der Waals surface area contributed by atoms with Crippen molar-refractivity contribution in [3.05, 3.63) is 29.6 Å². The van der Waals surface area contributed by atoms with Crippen molar-refractivity contribution in [2.24, 2.45) is 0 Å². The van der Waals surface area contributed by atoms with Gasteiger partial charge in [0.15, 0.2) is 0 Å². The summed E-state index contributed by atoms with van der Waals surface area (Å²) in [5.41, 5.74) is 1.18. The first-order valence-corrected chi connectivity index (χ1v) is 5.32. The van der Waals surface area contributed by atoms with E-state index in [2.05, 4.69) is 0 Å². The van der Waals surface area contributed by atoms with Gasteiger partial charge in [-0.25, -0.2) is 4.39 Å². The number of hydrogen-bond acceptors (Lipinski definition) is 2. The minimum atomic E-state index is -0.282. The molecule has 1 saturated heterocycles. The van der Waals surface area contributed by atoms with Gasteiger partial charge in [-0.1, -0.05) is 0 Å².